The van der Waals surface area contributed by atoms with E-state index in [1.807, 2.05) is 0 Å². The van der Waals surface area contributed by atoms with Gasteiger partial charge in [0, 0.05) is 5.56 Å². The van der Waals surface area contributed by atoms with Gasteiger partial charge in [-0.2, -0.15) is 0 Å². The van der Waals surface area contributed by atoms with Crippen LogP contribution >= 0.6 is 0 Å². The van der Waals surface area contributed by atoms with E-state index < -0.39 is 18.4 Å². The van der Waals surface area contributed by atoms with Crippen LogP contribution in [-0.4, -0.2) is 25.2 Å². The van der Waals surface area contributed by atoms with Crippen molar-refractivity contribution in [1.82, 2.24) is 5.32 Å². The van der Waals surface area contributed by atoms with Crippen LogP contribution in [0, 0.1) is 0 Å². The van der Waals surface area contributed by atoms with Gasteiger partial charge in [0.05, 0.1) is 12.5 Å². The highest BCUT2D eigenvalue weighted by atomic mass is 16.7. The first kappa shape index (κ1) is 10.3. The number of carbonyl (C=O) groups is 2. The lowest BCUT2D eigenvalue weighted by molar-refractivity contribution is -0.303. The second-order valence-electron chi connectivity index (χ2n) is 3.12. The number of benzene rings is 1. The highest BCUT2D eigenvalue weighted by molar-refractivity contribution is 5.96. The van der Waals surface area contributed by atoms with Gasteiger partial charge in [0.2, 0.25) is 6.79 Å². The van der Waals surface area contributed by atoms with Crippen LogP contribution in [0.1, 0.15) is 10.4 Å². The van der Waals surface area contributed by atoms with Crippen molar-refractivity contribution in [1.29, 1.82) is 0 Å². The zero-order chi connectivity index (χ0) is 11.5. The van der Waals surface area contributed by atoms with Crippen molar-refractivity contribution in [2.45, 2.75) is 0 Å². The number of nitrogens with one attached hydrogen (secondary N) is 1. The number of carboxylic acid groups (broad SMARTS) is 1. The van der Waals surface area contributed by atoms with Gasteiger partial charge >= 0.3 is 0 Å². The van der Waals surface area contributed by atoms with E-state index in [9.17, 15) is 14.7 Å². The quantitative estimate of drug-likeness (QED) is 0.701. The molecule has 0 radical (unpaired) electrons. The molecule has 0 unspecified atom stereocenters. The molecule has 1 amide bonds. The molecule has 2 rings (SSSR count). The first-order chi connectivity index (χ1) is 7.66. The molecule has 0 saturated carbocycles. The van der Waals surface area contributed by atoms with Crippen molar-refractivity contribution in [2.75, 3.05) is 13.3 Å². The summed E-state index contributed by atoms with van der Waals surface area (Å²) in [5, 5.41) is 12.3. The second-order valence-corrected chi connectivity index (χ2v) is 3.12. The molecule has 1 aromatic rings. The zero-order valence-electron chi connectivity index (χ0n) is 8.19. The molecule has 6 nitrogen and oxygen atoms in total. The average Bonchev–Trinajstić information content (AvgIpc) is 2.72. The summed E-state index contributed by atoms with van der Waals surface area (Å²) in [7, 11) is 0. The molecule has 0 fully saturated rings. The van der Waals surface area contributed by atoms with Crippen LogP contribution in [0.3, 0.4) is 0 Å². The molecule has 0 aromatic heterocycles. The Morgan fingerprint density at radius 2 is 2.06 bits per heavy atom. The van der Waals surface area contributed by atoms with Crippen LogP contribution in [0.25, 0.3) is 0 Å². The Labute approximate surface area is 90.8 Å². The summed E-state index contributed by atoms with van der Waals surface area (Å²) in [5.41, 5.74) is 0.311. The number of ether oxygens (including phenoxy) is 2. The minimum Gasteiger partial charge on any atom is -0.548 e. The van der Waals surface area contributed by atoms with Crippen LogP contribution in [0.5, 0.6) is 11.5 Å². The molecule has 0 saturated heterocycles. The minimum absolute atomic E-state index is 0.124. The summed E-state index contributed by atoms with van der Waals surface area (Å²) >= 11 is 0. The maximum atomic E-state index is 11.5. The van der Waals surface area contributed by atoms with E-state index in [0.29, 0.717) is 17.1 Å². The molecule has 1 aromatic carbocycles. The number of hydrogen-bond donors (Lipinski definition) is 1. The van der Waals surface area contributed by atoms with E-state index in [-0.39, 0.29) is 6.79 Å². The van der Waals surface area contributed by atoms with Crippen LogP contribution in [0.2, 0.25) is 0 Å². The molecule has 0 aliphatic carbocycles. The summed E-state index contributed by atoms with van der Waals surface area (Å²) in [4.78, 5) is 21.6. The topological polar surface area (TPSA) is 87.7 Å². The fourth-order valence-electron chi connectivity index (χ4n) is 1.29. The molecular weight excluding hydrogens is 214 g/mol. The fourth-order valence-corrected chi connectivity index (χ4v) is 1.29. The van der Waals surface area contributed by atoms with Gasteiger partial charge in [-0.05, 0) is 18.2 Å². The first-order valence-corrected chi connectivity index (χ1v) is 4.54. The lowest BCUT2D eigenvalue weighted by Crippen LogP contribution is -2.37. The molecule has 0 atom stereocenters. The summed E-state index contributed by atoms with van der Waals surface area (Å²) in [6, 6.07) is 4.61. The number of hydrogen-bond acceptors (Lipinski definition) is 5. The highest BCUT2D eigenvalue weighted by Gasteiger charge is 2.15. The zero-order valence-corrected chi connectivity index (χ0v) is 8.19. The van der Waals surface area contributed by atoms with Crippen molar-refractivity contribution in [3.63, 3.8) is 0 Å². The lowest BCUT2D eigenvalue weighted by Gasteiger charge is -2.06. The number of carboxylic acids is 1. The lowest BCUT2D eigenvalue weighted by atomic mass is 10.2. The van der Waals surface area contributed by atoms with Crippen LogP contribution in [0.4, 0.5) is 0 Å². The molecular formula is C10H8NO5-. The predicted molar refractivity (Wildman–Crippen MR) is 49.9 cm³/mol. The largest absolute Gasteiger partial charge is 0.548 e. The van der Waals surface area contributed by atoms with E-state index in [2.05, 4.69) is 5.32 Å². The molecule has 1 aliphatic rings. The third kappa shape index (κ3) is 2.05. The van der Waals surface area contributed by atoms with Crippen molar-refractivity contribution in [2.24, 2.45) is 0 Å². The Morgan fingerprint density at radius 1 is 1.31 bits per heavy atom. The van der Waals surface area contributed by atoms with Gasteiger partial charge in [0.25, 0.3) is 5.91 Å². The number of aliphatic carboxylic acids is 1. The van der Waals surface area contributed by atoms with Crippen molar-refractivity contribution in [3.8, 4) is 11.5 Å². The van der Waals surface area contributed by atoms with Crippen LogP contribution in [0.15, 0.2) is 18.2 Å². The molecule has 0 spiro atoms. The van der Waals surface area contributed by atoms with E-state index >= 15 is 0 Å². The fraction of sp³-hybridized carbons (Fsp3) is 0.200. The Kier molecular flexibility index (Phi) is 2.63. The van der Waals surface area contributed by atoms with Gasteiger partial charge in [0.1, 0.15) is 0 Å². The maximum Gasteiger partial charge on any atom is 0.251 e. The summed E-state index contributed by atoms with van der Waals surface area (Å²) in [6.45, 7) is -0.396. The molecule has 0 bridgehead atoms. The Morgan fingerprint density at radius 3 is 2.81 bits per heavy atom. The number of fused-ring (bicyclic) bond motifs is 1. The maximum absolute atomic E-state index is 11.5. The van der Waals surface area contributed by atoms with E-state index in [1.54, 1.807) is 6.07 Å². The second kappa shape index (κ2) is 4.09. The Hall–Kier alpha value is -2.24. The normalized spacial score (nSPS) is 12.2. The van der Waals surface area contributed by atoms with E-state index in [4.69, 9.17) is 9.47 Å². The Bertz CT molecular complexity index is 443. The highest BCUT2D eigenvalue weighted by Crippen LogP contribution is 2.32. The van der Waals surface area contributed by atoms with Crippen molar-refractivity contribution >= 4 is 11.9 Å². The molecule has 1 aliphatic heterocycles. The van der Waals surface area contributed by atoms with Crippen LogP contribution in [-0.2, 0) is 4.79 Å². The molecule has 84 valence electrons. The third-order valence-electron chi connectivity index (χ3n) is 2.03. The van der Waals surface area contributed by atoms with Crippen molar-refractivity contribution < 1.29 is 24.2 Å². The van der Waals surface area contributed by atoms with E-state index in [1.165, 1.54) is 12.1 Å². The minimum atomic E-state index is -1.34. The number of carbonyl (C=O) groups excluding carboxylic acids is 2. The standard InChI is InChI=1S/C10H9NO5/c12-9(13)4-11-10(14)6-1-2-7-8(3-6)16-5-15-7/h1-3H,4-5H2,(H,11,14)(H,12,13)/p-1. The molecule has 6 heteroatoms. The molecule has 1 N–H and O–H groups in total. The van der Waals surface area contributed by atoms with Gasteiger partial charge in [-0.1, -0.05) is 0 Å². The van der Waals surface area contributed by atoms with Gasteiger partial charge in [-0.15, -0.1) is 0 Å². The summed E-state index contributed by atoms with van der Waals surface area (Å²) in [5.74, 6) is -0.797. The van der Waals surface area contributed by atoms with Crippen LogP contribution < -0.4 is 19.9 Å². The van der Waals surface area contributed by atoms with Gasteiger partial charge in [0.15, 0.2) is 11.5 Å². The monoisotopic (exact) mass is 222 g/mol. The molecule has 1 heterocycles. The van der Waals surface area contributed by atoms with Gasteiger partial charge in [-0.25, -0.2) is 0 Å². The summed E-state index contributed by atoms with van der Waals surface area (Å²) in [6.07, 6.45) is 0. The third-order valence-corrected chi connectivity index (χ3v) is 2.03. The predicted octanol–water partition coefficient (Wildman–Crippen LogP) is -1.10. The average molecular weight is 222 g/mol. The molecule has 16 heavy (non-hydrogen) atoms. The SMILES string of the molecule is O=C([O-])CNC(=O)c1ccc2c(c1)OCO2. The van der Waals surface area contributed by atoms with Crippen molar-refractivity contribution in [3.05, 3.63) is 23.8 Å². The Balaban J connectivity index is 2.09. The summed E-state index contributed by atoms with van der Waals surface area (Å²) < 4.78 is 10.2. The van der Waals surface area contributed by atoms with E-state index in [0.717, 1.165) is 0 Å². The van der Waals surface area contributed by atoms with Gasteiger partial charge < -0.3 is 24.7 Å². The van der Waals surface area contributed by atoms with Gasteiger partial charge in [-0.3, -0.25) is 4.79 Å². The number of rotatable bonds is 3. The number of amides is 1. The smallest absolute Gasteiger partial charge is 0.251 e. The first-order valence-electron chi connectivity index (χ1n) is 4.54.